The van der Waals surface area contributed by atoms with Crippen LogP contribution in [0.1, 0.15) is 69.0 Å². The number of anilines is 1. The molecule has 0 bridgehead atoms. The van der Waals surface area contributed by atoms with Gasteiger partial charge in [0.2, 0.25) is 0 Å². The van der Waals surface area contributed by atoms with Gasteiger partial charge in [0.15, 0.2) is 0 Å². The summed E-state index contributed by atoms with van der Waals surface area (Å²) in [6.45, 7) is 5.22. The van der Waals surface area contributed by atoms with Gasteiger partial charge in [0, 0.05) is 28.8 Å². The Balaban J connectivity index is 1.92. The zero-order valence-corrected chi connectivity index (χ0v) is 16.5. The normalized spacial score (nSPS) is 22.0. The Kier molecular flexibility index (Phi) is 3.65. The highest BCUT2D eigenvalue weighted by Crippen LogP contribution is 2.56. The van der Waals surface area contributed by atoms with Gasteiger partial charge in [-0.3, -0.25) is 0 Å². The molecule has 1 fully saturated rings. The SMILES string of the molecule is CC(C)n1c2c(c3c(N)ncnc31)-c1noc(C3CC3)c1C(C)(C(F)(F)F)CC2. The maximum atomic E-state index is 14.4. The second kappa shape index (κ2) is 5.73. The Bertz CT molecular complexity index is 1130. The number of rotatable bonds is 2. The van der Waals surface area contributed by atoms with Gasteiger partial charge in [0.25, 0.3) is 0 Å². The lowest BCUT2D eigenvalue weighted by Gasteiger charge is -2.31. The quantitative estimate of drug-likeness (QED) is 0.656. The molecule has 0 amide bonds. The molecule has 0 saturated heterocycles. The van der Waals surface area contributed by atoms with Crippen molar-refractivity contribution in [2.75, 3.05) is 5.73 Å². The zero-order valence-electron chi connectivity index (χ0n) is 16.5. The number of nitrogens with two attached hydrogens (primary N) is 1. The van der Waals surface area contributed by atoms with Gasteiger partial charge >= 0.3 is 6.18 Å². The van der Waals surface area contributed by atoms with Gasteiger partial charge in [-0.1, -0.05) is 5.16 Å². The lowest BCUT2D eigenvalue weighted by atomic mass is 9.76. The van der Waals surface area contributed by atoms with E-state index in [1.165, 1.54) is 13.3 Å². The average Bonchev–Trinajstić information content (AvgIpc) is 3.31. The van der Waals surface area contributed by atoms with Crippen LogP contribution in [0.5, 0.6) is 0 Å². The topological polar surface area (TPSA) is 82.8 Å². The number of nitrogens with zero attached hydrogens (tertiary/aromatic N) is 4. The third-order valence-corrected chi connectivity index (χ3v) is 6.37. The third-order valence-electron chi connectivity index (χ3n) is 6.37. The second-order valence-corrected chi connectivity index (χ2v) is 8.62. The van der Waals surface area contributed by atoms with E-state index in [0.29, 0.717) is 22.4 Å². The molecule has 2 aliphatic rings. The summed E-state index contributed by atoms with van der Waals surface area (Å²) in [5, 5.41) is 4.75. The number of hydrogen-bond donors (Lipinski definition) is 1. The van der Waals surface area contributed by atoms with Crippen LogP contribution in [-0.4, -0.2) is 25.9 Å². The summed E-state index contributed by atoms with van der Waals surface area (Å²) < 4.78 is 50.7. The fourth-order valence-electron chi connectivity index (χ4n) is 4.67. The summed E-state index contributed by atoms with van der Waals surface area (Å²) in [7, 11) is 0. The van der Waals surface area contributed by atoms with E-state index in [9.17, 15) is 13.2 Å². The summed E-state index contributed by atoms with van der Waals surface area (Å²) >= 11 is 0. The molecule has 3 aromatic rings. The predicted molar refractivity (Wildman–Crippen MR) is 102 cm³/mol. The number of aromatic nitrogens is 4. The molecule has 1 unspecified atom stereocenters. The minimum Gasteiger partial charge on any atom is -0.383 e. The average molecular weight is 405 g/mol. The molecule has 9 heteroatoms. The number of nitrogen functional groups attached to an aromatic ring is 1. The molecule has 5 rings (SSSR count). The van der Waals surface area contributed by atoms with Crippen molar-refractivity contribution in [3.8, 4) is 11.3 Å². The van der Waals surface area contributed by atoms with E-state index in [2.05, 4.69) is 15.1 Å². The van der Waals surface area contributed by atoms with Crippen LogP contribution in [0.4, 0.5) is 19.0 Å². The molecule has 0 aliphatic heterocycles. The smallest absolute Gasteiger partial charge is 0.383 e. The van der Waals surface area contributed by atoms with Crippen LogP contribution in [0.15, 0.2) is 10.9 Å². The minimum atomic E-state index is -4.43. The van der Waals surface area contributed by atoms with Gasteiger partial charge in [-0.05, 0) is 46.5 Å². The van der Waals surface area contributed by atoms with Crippen molar-refractivity contribution in [1.82, 2.24) is 19.7 Å². The molecule has 2 aliphatic carbocycles. The molecule has 29 heavy (non-hydrogen) atoms. The van der Waals surface area contributed by atoms with Gasteiger partial charge in [0.05, 0.1) is 10.8 Å². The summed E-state index contributed by atoms with van der Waals surface area (Å²) in [4.78, 5) is 8.51. The summed E-state index contributed by atoms with van der Waals surface area (Å²) in [5.74, 6) is 0.609. The molecular formula is C20H22F3N5O. The fourth-order valence-corrected chi connectivity index (χ4v) is 4.67. The Labute approximate surface area is 165 Å². The van der Waals surface area contributed by atoms with Crippen molar-refractivity contribution in [2.45, 2.75) is 70.0 Å². The highest BCUT2D eigenvalue weighted by Gasteiger charge is 2.58. The van der Waals surface area contributed by atoms with Crippen LogP contribution >= 0.6 is 0 Å². The predicted octanol–water partition coefficient (Wildman–Crippen LogP) is 4.89. The number of halogens is 3. The summed E-state index contributed by atoms with van der Waals surface area (Å²) in [6.07, 6.45) is -1.26. The molecule has 0 spiro atoms. The Morgan fingerprint density at radius 1 is 1.28 bits per heavy atom. The molecule has 1 saturated carbocycles. The molecule has 3 aromatic heterocycles. The molecule has 154 valence electrons. The maximum Gasteiger partial charge on any atom is 0.398 e. The van der Waals surface area contributed by atoms with E-state index >= 15 is 0 Å². The monoisotopic (exact) mass is 405 g/mol. The zero-order chi connectivity index (χ0) is 20.7. The van der Waals surface area contributed by atoms with E-state index in [1.54, 1.807) is 0 Å². The van der Waals surface area contributed by atoms with Crippen molar-refractivity contribution < 1.29 is 17.7 Å². The van der Waals surface area contributed by atoms with Crippen LogP contribution in [0.3, 0.4) is 0 Å². The van der Waals surface area contributed by atoms with Crippen LogP contribution in [0, 0.1) is 0 Å². The standard InChI is InChI=1S/C20H22F3N5O/c1-9(2)28-11-6-7-19(3,20(21,22)23)14-15(27-29-16(14)10-4-5-10)12(11)13-17(24)25-8-26-18(13)28/h8-10H,4-7H2,1-3H3,(H2,24,25,26). The van der Waals surface area contributed by atoms with Crippen LogP contribution < -0.4 is 5.73 Å². The van der Waals surface area contributed by atoms with Gasteiger partial charge in [-0.25, -0.2) is 9.97 Å². The largest absolute Gasteiger partial charge is 0.398 e. The fraction of sp³-hybridized carbons (Fsp3) is 0.550. The first-order chi connectivity index (χ1) is 13.6. The Hall–Kier alpha value is -2.58. The summed E-state index contributed by atoms with van der Waals surface area (Å²) in [5.41, 5.74) is 6.52. The van der Waals surface area contributed by atoms with Gasteiger partial charge < -0.3 is 14.8 Å². The highest BCUT2D eigenvalue weighted by molar-refractivity contribution is 6.02. The van der Waals surface area contributed by atoms with Crippen LogP contribution in [0.25, 0.3) is 22.3 Å². The molecular weight excluding hydrogens is 383 g/mol. The number of hydrogen-bond acceptors (Lipinski definition) is 5. The third kappa shape index (κ3) is 2.39. The van der Waals surface area contributed by atoms with E-state index in [-0.39, 0.29) is 41.9 Å². The molecule has 0 aromatic carbocycles. The first-order valence-corrected chi connectivity index (χ1v) is 9.85. The summed E-state index contributed by atoms with van der Waals surface area (Å²) in [6, 6.07) is -0.0101. The lowest BCUT2D eigenvalue weighted by Crippen LogP contribution is -2.40. The lowest BCUT2D eigenvalue weighted by molar-refractivity contribution is -0.187. The van der Waals surface area contributed by atoms with E-state index in [0.717, 1.165) is 18.5 Å². The maximum absolute atomic E-state index is 14.4. The van der Waals surface area contributed by atoms with Crippen molar-refractivity contribution in [3.05, 3.63) is 23.3 Å². The first kappa shape index (κ1) is 18.4. The Morgan fingerprint density at radius 2 is 2.00 bits per heavy atom. The van der Waals surface area contributed by atoms with Gasteiger partial charge in [0.1, 0.15) is 29.2 Å². The Morgan fingerprint density at radius 3 is 2.62 bits per heavy atom. The molecule has 0 radical (unpaired) electrons. The molecule has 3 heterocycles. The van der Waals surface area contributed by atoms with Crippen LogP contribution in [0.2, 0.25) is 0 Å². The molecule has 2 N–H and O–H groups in total. The van der Waals surface area contributed by atoms with Crippen molar-refractivity contribution in [2.24, 2.45) is 0 Å². The second-order valence-electron chi connectivity index (χ2n) is 8.62. The van der Waals surface area contributed by atoms with E-state index < -0.39 is 11.6 Å². The number of fused-ring (bicyclic) bond motifs is 5. The molecule has 6 nitrogen and oxygen atoms in total. The van der Waals surface area contributed by atoms with Gasteiger partial charge in [-0.2, -0.15) is 13.2 Å². The van der Waals surface area contributed by atoms with Gasteiger partial charge in [-0.15, -0.1) is 0 Å². The van der Waals surface area contributed by atoms with Crippen LogP contribution in [-0.2, 0) is 11.8 Å². The van der Waals surface area contributed by atoms with E-state index in [1.807, 2.05) is 18.4 Å². The minimum absolute atomic E-state index is 0.00141. The number of alkyl halides is 3. The first-order valence-electron chi connectivity index (χ1n) is 9.85. The van der Waals surface area contributed by atoms with Crippen molar-refractivity contribution in [3.63, 3.8) is 0 Å². The van der Waals surface area contributed by atoms with Crippen molar-refractivity contribution >= 4 is 16.9 Å². The van der Waals surface area contributed by atoms with E-state index in [4.69, 9.17) is 10.3 Å². The van der Waals surface area contributed by atoms with Crippen molar-refractivity contribution in [1.29, 1.82) is 0 Å². The molecule has 1 atom stereocenters. The highest BCUT2D eigenvalue weighted by atomic mass is 19.4.